The molecule has 0 aromatic rings. The van der Waals surface area contributed by atoms with Gasteiger partial charge >= 0.3 is 5.97 Å². The number of methoxy groups -OCH3 is 1. The van der Waals surface area contributed by atoms with Crippen molar-refractivity contribution in [1.82, 2.24) is 5.32 Å². The lowest BCUT2D eigenvalue weighted by Crippen LogP contribution is -2.38. The third kappa shape index (κ3) is 5.16. The van der Waals surface area contributed by atoms with E-state index in [9.17, 15) is 4.79 Å². The molecule has 0 atom stereocenters. The average Bonchev–Trinajstić information content (AvgIpc) is 2.23. The van der Waals surface area contributed by atoms with Crippen molar-refractivity contribution in [2.45, 2.75) is 13.3 Å². The highest BCUT2D eigenvalue weighted by molar-refractivity contribution is 5.69. The molecule has 5 nitrogen and oxygen atoms in total. The van der Waals surface area contributed by atoms with Gasteiger partial charge in [0.1, 0.15) is 0 Å². The Labute approximate surface area is 84.1 Å². The predicted molar refractivity (Wildman–Crippen MR) is 51.8 cm³/mol. The summed E-state index contributed by atoms with van der Waals surface area (Å²) in [6, 6.07) is 0. The van der Waals surface area contributed by atoms with Crippen LogP contribution in [0.1, 0.15) is 13.3 Å². The van der Waals surface area contributed by atoms with Gasteiger partial charge in [0.05, 0.1) is 26.7 Å². The zero-order valence-corrected chi connectivity index (χ0v) is 8.75. The van der Waals surface area contributed by atoms with Crippen molar-refractivity contribution in [3.8, 4) is 0 Å². The summed E-state index contributed by atoms with van der Waals surface area (Å²) >= 11 is 0. The van der Waals surface area contributed by atoms with Crippen LogP contribution in [0.3, 0.4) is 0 Å². The van der Waals surface area contributed by atoms with Crippen molar-refractivity contribution in [2.24, 2.45) is 5.41 Å². The quantitative estimate of drug-likeness (QED) is 0.372. The van der Waals surface area contributed by atoms with Crippen LogP contribution >= 0.6 is 0 Å². The Kier molecular flexibility index (Phi) is 6.44. The number of aliphatic hydroxyl groups is 2. The maximum atomic E-state index is 10.7. The molecule has 0 heterocycles. The van der Waals surface area contributed by atoms with Crippen LogP contribution in [-0.2, 0) is 9.53 Å². The van der Waals surface area contributed by atoms with E-state index in [1.807, 2.05) is 0 Å². The molecule has 0 spiro atoms. The van der Waals surface area contributed by atoms with Gasteiger partial charge in [0.15, 0.2) is 0 Å². The van der Waals surface area contributed by atoms with Crippen LogP contribution in [0.25, 0.3) is 0 Å². The minimum Gasteiger partial charge on any atom is -0.469 e. The average molecular weight is 205 g/mol. The lowest BCUT2D eigenvalue weighted by Gasteiger charge is -2.24. The fourth-order valence-electron chi connectivity index (χ4n) is 0.844. The van der Waals surface area contributed by atoms with Crippen molar-refractivity contribution >= 4 is 5.97 Å². The van der Waals surface area contributed by atoms with E-state index in [-0.39, 0.29) is 19.2 Å². The molecular weight excluding hydrogens is 186 g/mol. The molecular formula is C9H19NO4. The topological polar surface area (TPSA) is 78.8 Å². The van der Waals surface area contributed by atoms with Crippen LogP contribution in [0.15, 0.2) is 0 Å². The first-order valence-corrected chi connectivity index (χ1v) is 4.57. The van der Waals surface area contributed by atoms with Crippen molar-refractivity contribution in [3.63, 3.8) is 0 Å². The summed E-state index contributed by atoms with van der Waals surface area (Å²) < 4.78 is 4.46. The maximum absolute atomic E-state index is 10.7. The van der Waals surface area contributed by atoms with Crippen LogP contribution in [0.2, 0.25) is 0 Å². The third-order valence-electron chi connectivity index (χ3n) is 2.05. The standard InChI is InChI=1S/C9H19NO4/c1-9(6-11,7-12)5-10-4-3-8(13)14-2/h10-12H,3-7H2,1-2H3. The van der Waals surface area contributed by atoms with Gasteiger partial charge in [-0.15, -0.1) is 0 Å². The Hall–Kier alpha value is -0.650. The normalized spacial score (nSPS) is 11.4. The highest BCUT2D eigenvalue weighted by Gasteiger charge is 2.21. The van der Waals surface area contributed by atoms with Gasteiger partial charge in [-0.25, -0.2) is 0 Å². The summed E-state index contributed by atoms with van der Waals surface area (Å²) in [5.74, 6) is -0.271. The van der Waals surface area contributed by atoms with Gasteiger partial charge in [-0.05, 0) is 0 Å². The van der Waals surface area contributed by atoms with Gasteiger partial charge in [0.25, 0.3) is 0 Å². The molecule has 0 amide bonds. The molecule has 0 rings (SSSR count). The minimum absolute atomic E-state index is 0.0886. The van der Waals surface area contributed by atoms with Crippen molar-refractivity contribution < 1.29 is 19.7 Å². The number of esters is 1. The fraction of sp³-hybridized carbons (Fsp3) is 0.889. The summed E-state index contributed by atoms with van der Waals surface area (Å²) in [5, 5.41) is 20.9. The number of aliphatic hydroxyl groups excluding tert-OH is 2. The minimum atomic E-state index is -0.532. The van der Waals surface area contributed by atoms with Gasteiger partial charge in [-0.1, -0.05) is 6.92 Å². The summed E-state index contributed by atoms with van der Waals surface area (Å²) in [7, 11) is 1.34. The number of nitrogens with one attached hydrogen (secondary N) is 1. The largest absolute Gasteiger partial charge is 0.469 e. The first-order valence-electron chi connectivity index (χ1n) is 4.57. The molecule has 0 saturated heterocycles. The Morgan fingerprint density at radius 2 is 2.00 bits per heavy atom. The first-order chi connectivity index (χ1) is 6.58. The molecule has 0 aliphatic heterocycles. The van der Waals surface area contributed by atoms with Gasteiger partial charge < -0.3 is 20.3 Å². The van der Waals surface area contributed by atoms with E-state index in [0.717, 1.165) is 0 Å². The van der Waals surface area contributed by atoms with E-state index in [4.69, 9.17) is 10.2 Å². The first kappa shape index (κ1) is 13.4. The molecule has 0 fully saturated rings. The zero-order chi connectivity index (χ0) is 11.0. The second-order valence-corrected chi connectivity index (χ2v) is 3.63. The van der Waals surface area contributed by atoms with Gasteiger partial charge in [-0.3, -0.25) is 4.79 Å². The van der Waals surface area contributed by atoms with Crippen LogP contribution in [0, 0.1) is 5.41 Å². The zero-order valence-electron chi connectivity index (χ0n) is 8.75. The smallest absolute Gasteiger partial charge is 0.306 e. The molecule has 3 N–H and O–H groups in total. The number of carbonyl (C=O) groups excluding carboxylic acids is 1. The number of hydrogen-bond donors (Lipinski definition) is 3. The highest BCUT2D eigenvalue weighted by Crippen LogP contribution is 2.11. The third-order valence-corrected chi connectivity index (χ3v) is 2.05. The number of carbonyl (C=O) groups is 1. The Balaban J connectivity index is 3.57. The lowest BCUT2D eigenvalue weighted by molar-refractivity contribution is -0.140. The highest BCUT2D eigenvalue weighted by atomic mass is 16.5. The van der Waals surface area contributed by atoms with Crippen molar-refractivity contribution in [2.75, 3.05) is 33.4 Å². The van der Waals surface area contributed by atoms with Crippen LogP contribution < -0.4 is 5.32 Å². The van der Waals surface area contributed by atoms with E-state index in [2.05, 4.69) is 10.1 Å². The van der Waals surface area contributed by atoms with E-state index >= 15 is 0 Å². The number of hydrogen-bond acceptors (Lipinski definition) is 5. The van der Waals surface area contributed by atoms with E-state index in [0.29, 0.717) is 19.5 Å². The Morgan fingerprint density at radius 3 is 2.43 bits per heavy atom. The van der Waals surface area contributed by atoms with Crippen LogP contribution in [0.4, 0.5) is 0 Å². The second kappa shape index (κ2) is 6.75. The lowest BCUT2D eigenvalue weighted by atomic mass is 9.93. The van der Waals surface area contributed by atoms with Crippen molar-refractivity contribution in [3.05, 3.63) is 0 Å². The molecule has 5 heteroatoms. The molecule has 0 aromatic carbocycles. The molecule has 14 heavy (non-hydrogen) atoms. The molecule has 0 aliphatic carbocycles. The summed E-state index contributed by atoms with van der Waals surface area (Å²) in [5.41, 5.74) is -0.532. The van der Waals surface area contributed by atoms with Crippen LogP contribution in [-0.4, -0.2) is 49.6 Å². The molecule has 0 saturated carbocycles. The van der Waals surface area contributed by atoms with Crippen molar-refractivity contribution in [1.29, 1.82) is 0 Å². The summed E-state index contributed by atoms with van der Waals surface area (Å²) in [6.45, 7) is 2.54. The molecule has 0 radical (unpaired) electrons. The molecule has 0 unspecified atom stereocenters. The SMILES string of the molecule is COC(=O)CCNCC(C)(CO)CO. The molecule has 84 valence electrons. The Bertz CT molecular complexity index is 168. The molecule has 0 aliphatic rings. The van der Waals surface area contributed by atoms with Crippen LogP contribution in [0.5, 0.6) is 0 Å². The molecule has 0 aromatic heterocycles. The van der Waals surface area contributed by atoms with Gasteiger partial charge in [0, 0.05) is 18.5 Å². The van der Waals surface area contributed by atoms with E-state index in [1.165, 1.54) is 7.11 Å². The maximum Gasteiger partial charge on any atom is 0.306 e. The molecule has 0 bridgehead atoms. The predicted octanol–water partition coefficient (Wildman–Crippen LogP) is -0.870. The number of rotatable bonds is 7. The summed E-state index contributed by atoms with van der Waals surface area (Å²) in [6.07, 6.45) is 0.295. The summed E-state index contributed by atoms with van der Waals surface area (Å²) in [4.78, 5) is 10.7. The monoisotopic (exact) mass is 205 g/mol. The fourth-order valence-corrected chi connectivity index (χ4v) is 0.844. The van der Waals surface area contributed by atoms with Gasteiger partial charge in [0.2, 0.25) is 0 Å². The second-order valence-electron chi connectivity index (χ2n) is 3.63. The van der Waals surface area contributed by atoms with E-state index < -0.39 is 5.41 Å². The van der Waals surface area contributed by atoms with Gasteiger partial charge in [-0.2, -0.15) is 0 Å². The Morgan fingerprint density at radius 1 is 1.43 bits per heavy atom. The van der Waals surface area contributed by atoms with E-state index in [1.54, 1.807) is 6.92 Å². The number of ether oxygens (including phenoxy) is 1.